The molecule has 0 aliphatic carbocycles. The molecule has 0 bridgehead atoms. The van der Waals surface area contributed by atoms with E-state index in [4.69, 9.17) is 29.8 Å². The van der Waals surface area contributed by atoms with E-state index in [1.54, 1.807) is 42.5 Å². The Morgan fingerprint density at radius 3 is 2.58 bits per heavy atom. The molecule has 0 spiro atoms. The van der Waals surface area contributed by atoms with Crippen molar-refractivity contribution in [2.45, 2.75) is 18.6 Å². The van der Waals surface area contributed by atoms with Crippen LogP contribution in [-0.2, 0) is 23.7 Å². The summed E-state index contributed by atoms with van der Waals surface area (Å²) in [6.07, 6.45) is 1.50. The highest BCUT2D eigenvalue weighted by molar-refractivity contribution is 6.04. The van der Waals surface area contributed by atoms with E-state index < -0.39 is 18.2 Å². The molecule has 1 amide bonds. The summed E-state index contributed by atoms with van der Waals surface area (Å²) in [7, 11) is 1.33. The van der Waals surface area contributed by atoms with Gasteiger partial charge in [0.25, 0.3) is 5.91 Å². The zero-order chi connectivity index (χ0) is 23.6. The number of amides is 1. The number of allylic oxidation sites excluding steroid dienone is 1. The number of anilines is 2. The highest BCUT2D eigenvalue weighted by Gasteiger charge is 2.29. The minimum Gasteiger partial charge on any atom is -0.465 e. The van der Waals surface area contributed by atoms with Crippen LogP contribution < -0.4 is 11.1 Å². The van der Waals surface area contributed by atoms with Crippen molar-refractivity contribution in [2.24, 2.45) is 0 Å². The predicted molar refractivity (Wildman–Crippen MR) is 121 cm³/mol. The molecule has 2 aromatic rings. The predicted octanol–water partition coefficient (Wildman–Crippen LogP) is 2.43. The van der Waals surface area contributed by atoms with Crippen LogP contribution in [0.5, 0.6) is 0 Å². The zero-order valence-corrected chi connectivity index (χ0v) is 18.4. The summed E-state index contributed by atoms with van der Waals surface area (Å²) in [6, 6.07) is 13.9. The van der Waals surface area contributed by atoms with Gasteiger partial charge in [0, 0.05) is 12.3 Å². The number of hydrogen-bond donors (Lipinski definition) is 3. The van der Waals surface area contributed by atoms with Gasteiger partial charge in [-0.25, -0.2) is 4.79 Å². The molecule has 1 aliphatic heterocycles. The van der Waals surface area contributed by atoms with Crippen LogP contribution in [0.15, 0.2) is 60.4 Å². The van der Waals surface area contributed by atoms with Gasteiger partial charge in [-0.1, -0.05) is 24.3 Å². The first-order chi connectivity index (χ1) is 16.0. The number of esters is 1. The highest BCUT2D eigenvalue weighted by Crippen LogP contribution is 2.32. The molecule has 176 valence electrons. The number of carbonyl (C=O) groups is 2. The highest BCUT2D eigenvalue weighted by atomic mass is 16.7. The minimum absolute atomic E-state index is 0.0702. The molecule has 0 radical (unpaired) electrons. The Kier molecular flexibility index (Phi) is 8.82. The Morgan fingerprint density at radius 2 is 1.88 bits per heavy atom. The normalized spacial score (nSPS) is 17.6. The van der Waals surface area contributed by atoms with Gasteiger partial charge in [0.05, 0.1) is 50.5 Å². The molecule has 0 saturated heterocycles. The van der Waals surface area contributed by atoms with Gasteiger partial charge in [-0.15, -0.1) is 0 Å². The van der Waals surface area contributed by atoms with E-state index in [-0.39, 0.29) is 38.1 Å². The van der Waals surface area contributed by atoms with Gasteiger partial charge >= 0.3 is 5.97 Å². The second-order valence-corrected chi connectivity index (χ2v) is 7.28. The molecule has 0 fully saturated rings. The van der Waals surface area contributed by atoms with E-state index in [0.717, 1.165) is 5.56 Å². The third-order valence-electron chi connectivity index (χ3n) is 5.02. The third kappa shape index (κ3) is 6.79. The molecular weight excluding hydrogens is 428 g/mol. The van der Waals surface area contributed by atoms with Crippen molar-refractivity contribution < 1.29 is 33.6 Å². The fourth-order valence-corrected chi connectivity index (χ4v) is 3.33. The topological polar surface area (TPSA) is 129 Å². The van der Waals surface area contributed by atoms with E-state index in [9.17, 15) is 9.59 Å². The Hall–Kier alpha value is -3.40. The lowest BCUT2D eigenvalue weighted by molar-refractivity contribution is -0.148. The second kappa shape index (κ2) is 12.0. The number of ether oxygens (including phenoxy) is 4. The number of nitrogens with one attached hydrogen (secondary N) is 1. The summed E-state index contributed by atoms with van der Waals surface area (Å²) < 4.78 is 21.5. The quantitative estimate of drug-likeness (QED) is 0.282. The number of aliphatic hydroxyl groups excluding tert-OH is 1. The molecule has 9 heteroatoms. The fraction of sp³-hybridized carbons (Fsp3) is 0.333. The fourth-order valence-electron chi connectivity index (χ4n) is 3.33. The van der Waals surface area contributed by atoms with Crippen LogP contribution in [0.1, 0.15) is 28.3 Å². The van der Waals surface area contributed by atoms with Crippen LogP contribution in [-0.4, -0.2) is 56.8 Å². The van der Waals surface area contributed by atoms with E-state index >= 15 is 0 Å². The van der Waals surface area contributed by atoms with E-state index in [0.29, 0.717) is 23.4 Å². The van der Waals surface area contributed by atoms with E-state index in [1.807, 2.05) is 12.1 Å². The number of rotatable bonds is 10. The molecule has 2 aromatic carbocycles. The van der Waals surface area contributed by atoms with Crippen molar-refractivity contribution >= 4 is 23.3 Å². The Labute approximate surface area is 192 Å². The first kappa shape index (κ1) is 24.2. The molecule has 3 rings (SSSR count). The summed E-state index contributed by atoms with van der Waals surface area (Å²) in [5.74, 6) is -0.960. The smallest absolute Gasteiger partial charge is 0.337 e. The van der Waals surface area contributed by atoms with E-state index in [2.05, 4.69) is 5.32 Å². The molecule has 1 heterocycles. The van der Waals surface area contributed by atoms with Crippen LogP contribution in [0.4, 0.5) is 11.4 Å². The third-order valence-corrected chi connectivity index (χ3v) is 5.02. The maximum atomic E-state index is 12.9. The maximum absolute atomic E-state index is 12.9. The number of para-hydroxylation sites is 2. The van der Waals surface area contributed by atoms with Crippen LogP contribution in [0.25, 0.3) is 0 Å². The van der Waals surface area contributed by atoms with Crippen molar-refractivity contribution in [2.75, 3.05) is 44.6 Å². The average Bonchev–Trinajstić information content (AvgIpc) is 2.84. The van der Waals surface area contributed by atoms with Crippen molar-refractivity contribution in [1.82, 2.24) is 0 Å². The first-order valence-electron chi connectivity index (χ1n) is 10.5. The molecule has 4 N–H and O–H groups in total. The number of hydrogen-bond acceptors (Lipinski definition) is 8. The van der Waals surface area contributed by atoms with Crippen molar-refractivity contribution in [1.29, 1.82) is 0 Å². The van der Waals surface area contributed by atoms with Gasteiger partial charge in [-0.2, -0.15) is 0 Å². The monoisotopic (exact) mass is 456 g/mol. The Bertz CT molecular complexity index is 975. The Morgan fingerprint density at radius 1 is 1.12 bits per heavy atom. The summed E-state index contributed by atoms with van der Waals surface area (Å²) in [5.41, 5.74) is 8.17. The number of nitrogen functional groups attached to an aromatic ring is 1. The van der Waals surface area contributed by atoms with Crippen LogP contribution in [0, 0.1) is 0 Å². The lowest BCUT2D eigenvalue weighted by atomic mass is 9.92. The molecule has 33 heavy (non-hydrogen) atoms. The van der Waals surface area contributed by atoms with Crippen molar-refractivity contribution in [3.05, 3.63) is 71.5 Å². The molecule has 0 saturated carbocycles. The maximum Gasteiger partial charge on any atom is 0.337 e. The Balaban J connectivity index is 1.76. The molecule has 0 aromatic heterocycles. The molecule has 9 nitrogen and oxygen atoms in total. The SMILES string of the molecule is COC(=O)c1ccc([C@H]2C=C(C(=O)Nc3ccccc3N)O[C@@H](OCCOCCO)C2)cc1. The van der Waals surface area contributed by atoms with Crippen LogP contribution in [0.3, 0.4) is 0 Å². The second-order valence-electron chi connectivity index (χ2n) is 7.28. The zero-order valence-electron chi connectivity index (χ0n) is 18.4. The summed E-state index contributed by atoms with van der Waals surface area (Å²) >= 11 is 0. The van der Waals surface area contributed by atoms with Gasteiger partial charge in [0.1, 0.15) is 0 Å². The van der Waals surface area contributed by atoms with Crippen LogP contribution in [0.2, 0.25) is 0 Å². The van der Waals surface area contributed by atoms with Crippen molar-refractivity contribution in [3.8, 4) is 0 Å². The first-order valence-corrected chi connectivity index (χ1v) is 10.5. The molecular formula is C24H28N2O7. The number of methoxy groups -OCH3 is 1. The minimum atomic E-state index is -0.688. The number of aliphatic hydroxyl groups is 1. The largest absolute Gasteiger partial charge is 0.465 e. The summed E-state index contributed by atoms with van der Waals surface area (Å²) in [6.45, 7) is 0.666. The summed E-state index contributed by atoms with van der Waals surface area (Å²) in [5, 5.41) is 11.6. The number of carbonyl (C=O) groups excluding carboxylic acids is 2. The molecule has 1 aliphatic rings. The van der Waals surface area contributed by atoms with Gasteiger partial charge in [0.2, 0.25) is 6.29 Å². The lowest BCUT2D eigenvalue weighted by Crippen LogP contribution is -2.30. The average molecular weight is 456 g/mol. The molecule has 2 atom stereocenters. The van der Waals surface area contributed by atoms with E-state index in [1.165, 1.54) is 7.11 Å². The van der Waals surface area contributed by atoms with Gasteiger partial charge in [-0.05, 0) is 35.9 Å². The van der Waals surface area contributed by atoms with Crippen molar-refractivity contribution in [3.63, 3.8) is 0 Å². The number of benzene rings is 2. The van der Waals surface area contributed by atoms with Gasteiger partial charge < -0.3 is 35.1 Å². The van der Waals surface area contributed by atoms with Crippen LogP contribution >= 0.6 is 0 Å². The lowest BCUT2D eigenvalue weighted by Gasteiger charge is -2.29. The standard InChI is InChI=1S/C24H28N2O7/c1-30-24(29)17-8-6-16(7-9-17)18-14-21(23(28)26-20-5-3-2-4-19(20)25)33-22(15-18)32-13-12-31-11-10-27/h2-9,14,18,22,27H,10-13,15,25H2,1H3,(H,26,28)/t18-,22+/m0/s1. The summed E-state index contributed by atoms with van der Waals surface area (Å²) in [4.78, 5) is 24.6. The van der Waals surface area contributed by atoms with Gasteiger partial charge in [-0.3, -0.25) is 4.79 Å². The molecule has 0 unspecified atom stereocenters. The number of nitrogens with two attached hydrogens (primary N) is 1. The van der Waals surface area contributed by atoms with Gasteiger partial charge in [0.15, 0.2) is 5.76 Å².